The molecule has 1 aromatic carbocycles. The van der Waals surface area contributed by atoms with Crippen molar-refractivity contribution in [3.63, 3.8) is 0 Å². The highest BCUT2D eigenvalue weighted by Gasteiger charge is 2.37. The van der Waals surface area contributed by atoms with Gasteiger partial charge in [-0.05, 0) is 30.9 Å². The fraction of sp³-hybridized carbons (Fsp3) is 0.429. The average molecular weight is 298 g/mol. The lowest BCUT2D eigenvalue weighted by Crippen LogP contribution is -2.40. The van der Waals surface area contributed by atoms with Gasteiger partial charge in [0.25, 0.3) is 0 Å². The van der Waals surface area contributed by atoms with Gasteiger partial charge in [0, 0.05) is 12.5 Å². The molecule has 0 radical (unpaired) electrons. The lowest BCUT2D eigenvalue weighted by Gasteiger charge is -2.40. The van der Waals surface area contributed by atoms with Crippen molar-refractivity contribution in [2.45, 2.75) is 25.7 Å². The molecule has 0 unspecified atom stereocenters. The molecule has 1 aliphatic carbocycles. The first kappa shape index (κ1) is 15.4. The van der Waals surface area contributed by atoms with Crippen LogP contribution in [0.5, 0.6) is 0 Å². The van der Waals surface area contributed by atoms with Gasteiger partial charge in [-0.3, -0.25) is 4.79 Å². The predicted octanol–water partition coefficient (Wildman–Crippen LogP) is 2.12. The number of nitrogens with two attached hydrogens (primary N) is 1. The van der Waals surface area contributed by atoms with Crippen LogP contribution in [0.4, 0.5) is 14.5 Å². The number of carboxylic acid groups (broad SMARTS) is 1. The van der Waals surface area contributed by atoms with Crippen molar-refractivity contribution in [3.05, 3.63) is 29.3 Å². The summed E-state index contributed by atoms with van der Waals surface area (Å²) in [5.74, 6) is -4.38. The summed E-state index contributed by atoms with van der Waals surface area (Å²) >= 11 is 0. The third-order valence-electron chi connectivity index (χ3n) is 3.95. The van der Waals surface area contributed by atoms with Crippen LogP contribution in [0.1, 0.15) is 36.0 Å². The van der Waals surface area contributed by atoms with Gasteiger partial charge < -0.3 is 16.2 Å². The minimum atomic E-state index is -1.44. The lowest BCUT2D eigenvalue weighted by molar-refractivity contribution is -0.119. The molecule has 114 valence electrons. The third kappa shape index (κ3) is 3.18. The largest absolute Gasteiger partial charge is 0.478 e. The zero-order valence-corrected chi connectivity index (χ0v) is 11.3. The minimum absolute atomic E-state index is 0.140. The molecule has 21 heavy (non-hydrogen) atoms. The van der Waals surface area contributed by atoms with Crippen LogP contribution in [0.15, 0.2) is 12.1 Å². The minimum Gasteiger partial charge on any atom is -0.478 e. The van der Waals surface area contributed by atoms with Crippen molar-refractivity contribution in [3.8, 4) is 0 Å². The van der Waals surface area contributed by atoms with E-state index in [9.17, 15) is 18.4 Å². The Hall–Kier alpha value is -2.02. The topological polar surface area (TPSA) is 92.4 Å². The first-order chi connectivity index (χ1) is 9.87. The van der Waals surface area contributed by atoms with Crippen LogP contribution < -0.4 is 11.1 Å². The number of nitrogens with one attached hydrogen (secondary N) is 1. The van der Waals surface area contributed by atoms with Crippen molar-refractivity contribution < 1.29 is 23.5 Å². The molecular formula is C14H16F2N2O3. The van der Waals surface area contributed by atoms with Gasteiger partial charge in [-0.1, -0.05) is 6.42 Å². The van der Waals surface area contributed by atoms with Gasteiger partial charge in [0.05, 0.1) is 11.3 Å². The predicted molar refractivity (Wildman–Crippen MR) is 71.9 cm³/mol. The molecule has 0 aromatic heterocycles. The van der Waals surface area contributed by atoms with Crippen LogP contribution in [-0.2, 0) is 4.79 Å². The van der Waals surface area contributed by atoms with Gasteiger partial charge in [-0.15, -0.1) is 0 Å². The summed E-state index contributed by atoms with van der Waals surface area (Å²) < 4.78 is 26.3. The fourth-order valence-electron chi connectivity index (χ4n) is 2.49. The summed E-state index contributed by atoms with van der Waals surface area (Å²) in [4.78, 5) is 23.0. The van der Waals surface area contributed by atoms with E-state index in [0.29, 0.717) is 18.7 Å². The van der Waals surface area contributed by atoms with E-state index >= 15 is 0 Å². The number of carbonyl (C=O) groups is 2. The fourth-order valence-corrected chi connectivity index (χ4v) is 2.49. The maximum absolute atomic E-state index is 13.2. The summed E-state index contributed by atoms with van der Waals surface area (Å²) in [6.07, 6.45) is 2.80. The Labute approximate surface area is 120 Å². The molecule has 0 bridgehead atoms. The maximum Gasteiger partial charge on any atom is 0.337 e. The summed E-state index contributed by atoms with van der Waals surface area (Å²) in [5.41, 5.74) is 4.65. The number of aromatic carboxylic acids is 1. The zero-order chi connectivity index (χ0) is 15.6. The third-order valence-corrected chi connectivity index (χ3v) is 3.95. The molecule has 1 fully saturated rings. The van der Waals surface area contributed by atoms with Crippen LogP contribution in [-0.4, -0.2) is 23.5 Å². The van der Waals surface area contributed by atoms with Crippen LogP contribution in [0.25, 0.3) is 0 Å². The van der Waals surface area contributed by atoms with Gasteiger partial charge in [-0.2, -0.15) is 0 Å². The van der Waals surface area contributed by atoms with E-state index in [1.54, 1.807) is 0 Å². The molecule has 0 aliphatic heterocycles. The van der Waals surface area contributed by atoms with Crippen molar-refractivity contribution >= 4 is 17.6 Å². The molecule has 5 nitrogen and oxygen atoms in total. The number of hydrogen-bond donors (Lipinski definition) is 3. The maximum atomic E-state index is 13.2. The lowest BCUT2D eigenvalue weighted by atomic mass is 9.66. The molecule has 1 saturated carbocycles. The Balaban J connectivity index is 2.17. The quantitative estimate of drug-likeness (QED) is 0.776. The molecule has 7 heteroatoms. The van der Waals surface area contributed by atoms with Crippen molar-refractivity contribution in [1.29, 1.82) is 0 Å². The average Bonchev–Trinajstić information content (AvgIpc) is 2.37. The highest BCUT2D eigenvalue weighted by atomic mass is 19.2. The molecule has 0 spiro atoms. The van der Waals surface area contributed by atoms with Gasteiger partial charge in [0.15, 0.2) is 11.6 Å². The summed E-state index contributed by atoms with van der Waals surface area (Å²) in [5, 5.41) is 11.3. The number of halogens is 2. The highest BCUT2D eigenvalue weighted by Crippen LogP contribution is 2.43. The number of carbonyl (C=O) groups excluding carboxylic acids is 1. The van der Waals surface area contributed by atoms with E-state index in [1.165, 1.54) is 0 Å². The Kier molecular flexibility index (Phi) is 4.22. The summed E-state index contributed by atoms with van der Waals surface area (Å²) in [6, 6.07) is 1.22. The van der Waals surface area contributed by atoms with Crippen LogP contribution in [0.3, 0.4) is 0 Å². The van der Waals surface area contributed by atoms with Gasteiger partial charge in [0.1, 0.15) is 0 Å². The molecule has 2 rings (SSSR count). The standard InChI is InChI=1S/C14H16F2N2O3/c15-9-4-8(13(20)21)11(5-10(9)16)18-12(19)6-14(7-17)2-1-3-14/h4-5H,1-3,6-7,17H2,(H,18,19)(H,20,21). The highest BCUT2D eigenvalue weighted by molar-refractivity contribution is 6.00. The number of benzene rings is 1. The molecular weight excluding hydrogens is 282 g/mol. The first-order valence-electron chi connectivity index (χ1n) is 6.59. The number of amides is 1. The van der Waals surface area contributed by atoms with E-state index in [-0.39, 0.29) is 17.5 Å². The van der Waals surface area contributed by atoms with Crippen molar-refractivity contribution in [2.75, 3.05) is 11.9 Å². The van der Waals surface area contributed by atoms with Gasteiger partial charge in [-0.25, -0.2) is 13.6 Å². The monoisotopic (exact) mass is 298 g/mol. The zero-order valence-electron chi connectivity index (χ0n) is 11.3. The first-order valence-corrected chi connectivity index (χ1v) is 6.59. The van der Waals surface area contributed by atoms with Gasteiger partial charge in [0.2, 0.25) is 5.91 Å². The van der Waals surface area contributed by atoms with E-state index in [2.05, 4.69) is 5.32 Å². The Morgan fingerprint density at radius 2 is 1.90 bits per heavy atom. The molecule has 1 aliphatic rings. The second-order valence-corrected chi connectivity index (χ2v) is 5.40. The van der Waals surface area contributed by atoms with E-state index in [1.807, 2.05) is 0 Å². The Morgan fingerprint density at radius 1 is 1.29 bits per heavy atom. The SMILES string of the molecule is NCC1(CC(=O)Nc2cc(F)c(F)cc2C(=O)O)CCC1. The smallest absolute Gasteiger partial charge is 0.337 e. The number of rotatable bonds is 5. The molecule has 0 saturated heterocycles. The number of hydrogen-bond acceptors (Lipinski definition) is 3. The second-order valence-electron chi connectivity index (χ2n) is 5.40. The van der Waals surface area contributed by atoms with Crippen LogP contribution in [0.2, 0.25) is 0 Å². The van der Waals surface area contributed by atoms with Crippen molar-refractivity contribution in [2.24, 2.45) is 11.1 Å². The van der Waals surface area contributed by atoms with Gasteiger partial charge >= 0.3 is 5.97 Å². The van der Waals surface area contributed by atoms with Crippen molar-refractivity contribution in [1.82, 2.24) is 0 Å². The Morgan fingerprint density at radius 3 is 2.38 bits per heavy atom. The normalized spacial score (nSPS) is 16.1. The second kappa shape index (κ2) is 5.77. The van der Waals surface area contributed by atoms with E-state index < -0.39 is 29.1 Å². The van der Waals surface area contributed by atoms with E-state index in [0.717, 1.165) is 19.3 Å². The molecule has 0 heterocycles. The van der Waals surface area contributed by atoms with Crippen LogP contribution in [0, 0.1) is 17.0 Å². The molecule has 1 amide bonds. The number of anilines is 1. The molecule has 4 N–H and O–H groups in total. The molecule has 0 atom stereocenters. The summed E-state index contributed by atoms with van der Waals surface area (Å²) in [6.45, 7) is 0.365. The Bertz CT molecular complexity index is 580. The summed E-state index contributed by atoms with van der Waals surface area (Å²) in [7, 11) is 0. The van der Waals surface area contributed by atoms with Crippen LogP contribution >= 0.6 is 0 Å². The van der Waals surface area contributed by atoms with E-state index in [4.69, 9.17) is 10.8 Å². The number of carboxylic acids is 1. The molecule has 1 aromatic rings.